The molecule has 1 unspecified atom stereocenters. The van der Waals surface area contributed by atoms with E-state index in [1.54, 1.807) is 6.92 Å². The Morgan fingerprint density at radius 2 is 2.24 bits per heavy atom. The van der Waals surface area contributed by atoms with Gasteiger partial charge in [0.05, 0.1) is 17.3 Å². The Labute approximate surface area is 122 Å². The minimum atomic E-state index is 0.191. The summed E-state index contributed by atoms with van der Waals surface area (Å²) in [6.45, 7) is 3.77. The highest BCUT2D eigenvalue weighted by Crippen LogP contribution is 2.39. The predicted octanol–water partition coefficient (Wildman–Crippen LogP) is 1.94. The second kappa shape index (κ2) is 4.98. The first-order chi connectivity index (χ1) is 10.3. The number of aromatic nitrogens is 2. The van der Waals surface area contributed by atoms with Crippen LogP contribution in [0.2, 0.25) is 0 Å². The molecule has 0 fully saturated rings. The molecule has 2 aromatic rings. The van der Waals surface area contributed by atoms with E-state index in [9.17, 15) is 0 Å². The van der Waals surface area contributed by atoms with Crippen LogP contribution in [0.5, 0.6) is 0 Å². The number of hydrogen-bond donors (Lipinski definition) is 3. The van der Waals surface area contributed by atoms with Gasteiger partial charge in [0.2, 0.25) is 11.8 Å². The molecule has 3 N–H and O–H groups in total. The van der Waals surface area contributed by atoms with Crippen molar-refractivity contribution < 1.29 is 4.42 Å². The van der Waals surface area contributed by atoms with Gasteiger partial charge in [-0.15, -0.1) is 10.2 Å². The van der Waals surface area contributed by atoms with Crippen LogP contribution in [0.3, 0.4) is 0 Å². The molecule has 6 heteroatoms. The lowest BCUT2D eigenvalue weighted by Crippen LogP contribution is -2.30. The average Bonchev–Trinajstić information content (AvgIpc) is 3.14. The topological polar surface area (TPSA) is 75.0 Å². The Morgan fingerprint density at radius 1 is 1.29 bits per heavy atom. The Bertz CT molecular complexity index is 706. The van der Waals surface area contributed by atoms with E-state index in [0.29, 0.717) is 11.8 Å². The second-order valence-corrected chi connectivity index (χ2v) is 5.34. The van der Waals surface area contributed by atoms with Crippen LogP contribution in [-0.2, 0) is 0 Å². The van der Waals surface area contributed by atoms with Crippen LogP contribution < -0.4 is 16.2 Å². The third-order valence-electron chi connectivity index (χ3n) is 3.93. The molecule has 4 rings (SSSR count). The average molecular weight is 283 g/mol. The smallest absolute Gasteiger partial charge is 0.249 e. The Morgan fingerprint density at radius 3 is 3.00 bits per heavy atom. The lowest BCUT2D eigenvalue weighted by atomic mass is 9.95. The molecule has 0 radical (unpaired) electrons. The molecule has 108 valence electrons. The van der Waals surface area contributed by atoms with Gasteiger partial charge in [-0.25, -0.2) is 5.43 Å². The van der Waals surface area contributed by atoms with Gasteiger partial charge >= 0.3 is 0 Å². The van der Waals surface area contributed by atoms with Crippen LogP contribution in [0.25, 0.3) is 11.5 Å². The maximum Gasteiger partial charge on any atom is 0.249 e. The lowest BCUT2D eigenvalue weighted by molar-refractivity contribution is 0.533. The molecule has 0 bridgehead atoms. The largest absolute Gasteiger partial charge is 0.421 e. The molecule has 1 aromatic carbocycles. The summed E-state index contributed by atoms with van der Waals surface area (Å²) in [6.07, 6.45) is 3.39. The quantitative estimate of drug-likeness (QED) is 0.731. The van der Waals surface area contributed by atoms with Crippen LogP contribution in [-0.4, -0.2) is 23.3 Å². The number of hydrazine groups is 1. The van der Waals surface area contributed by atoms with E-state index in [1.807, 2.05) is 12.1 Å². The molecule has 0 saturated heterocycles. The van der Waals surface area contributed by atoms with Gasteiger partial charge in [0.25, 0.3) is 0 Å². The number of fused-ring (bicyclic) bond motifs is 1. The molecule has 2 aliphatic heterocycles. The SMILES string of the molecule is Cc1nnc(-c2cccc3c2NNC3C2=CCCNC2)o1. The van der Waals surface area contributed by atoms with Gasteiger partial charge in [-0.2, -0.15) is 0 Å². The zero-order valence-corrected chi connectivity index (χ0v) is 11.8. The number of nitrogens with one attached hydrogen (secondary N) is 3. The summed E-state index contributed by atoms with van der Waals surface area (Å²) in [5, 5.41) is 11.4. The van der Waals surface area contributed by atoms with Crippen molar-refractivity contribution in [3.63, 3.8) is 0 Å². The van der Waals surface area contributed by atoms with E-state index in [1.165, 1.54) is 11.1 Å². The maximum atomic E-state index is 5.56. The summed E-state index contributed by atoms with van der Waals surface area (Å²) in [4.78, 5) is 0. The number of para-hydroxylation sites is 1. The van der Waals surface area contributed by atoms with Crippen molar-refractivity contribution in [2.75, 3.05) is 18.5 Å². The standard InChI is InChI=1S/C15H17N5O/c1-9-17-20-15(21-9)12-6-2-5-11-13(18-19-14(11)12)10-4-3-7-16-8-10/h2,4-6,13,16,18-19H,3,7-8H2,1H3. The van der Waals surface area contributed by atoms with E-state index in [0.717, 1.165) is 30.8 Å². The summed E-state index contributed by atoms with van der Waals surface area (Å²) in [5.74, 6) is 1.12. The summed E-state index contributed by atoms with van der Waals surface area (Å²) < 4.78 is 5.56. The minimum absolute atomic E-state index is 0.191. The van der Waals surface area contributed by atoms with Crippen molar-refractivity contribution in [1.29, 1.82) is 0 Å². The molecule has 21 heavy (non-hydrogen) atoms. The van der Waals surface area contributed by atoms with E-state index in [4.69, 9.17) is 4.42 Å². The molecule has 1 atom stereocenters. The Hall–Kier alpha value is -2.18. The van der Waals surface area contributed by atoms with E-state index >= 15 is 0 Å². The molecule has 0 spiro atoms. The molecule has 2 aliphatic rings. The summed E-state index contributed by atoms with van der Waals surface area (Å²) in [5.41, 5.74) is 11.2. The molecular formula is C15H17N5O. The zero-order chi connectivity index (χ0) is 14.2. The van der Waals surface area contributed by atoms with Crippen molar-refractivity contribution in [2.45, 2.75) is 19.4 Å². The van der Waals surface area contributed by atoms with Crippen molar-refractivity contribution in [1.82, 2.24) is 20.9 Å². The molecule has 0 aliphatic carbocycles. The first-order valence-electron chi connectivity index (χ1n) is 7.17. The van der Waals surface area contributed by atoms with Crippen LogP contribution in [0.4, 0.5) is 5.69 Å². The van der Waals surface area contributed by atoms with Gasteiger partial charge in [0, 0.05) is 19.0 Å². The van der Waals surface area contributed by atoms with Crippen molar-refractivity contribution in [3.05, 3.63) is 41.3 Å². The highest BCUT2D eigenvalue weighted by Gasteiger charge is 2.28. The van der Waals surface area contributed by atoms with Gasteiger partial charge < -0.3 is 15.2 Å². The normalized spacial score (nSPS) is 20.8. The Balaban J connectivity index is 1.75. The van der Waals surface area contributed by atoms with Gasteiger partial charge in [0.1, 0.15) is 0 Å². The van der Waals surface area contributed by atoms with E-state index in [-0.39, 0.29) is 6.04 Å². The van der Waals surface area contributed by atoms with E-state index < -0.39 is 0 Å². The lowest BCUT2D eigenvalue weighted by Gasteiger charge is -2.20. The molecule has 0 amide bonds. The summed E-state index contributed by atoms with van der Waals surface area (Å²) in [7, 11) is 0. The van der Waals surface area contributed by atoms with Gasteiger partial charge in [-0.05, 0) is 24.6 Å². The molecule has 0 saturated carbocycles. The first kappa shape index (κ1) is 12.6. The fraction of sp³-hybridized carbons (Fsp3) is 0.333. The predicted molar refractivity (Wildman–Crippen MR) is 79.5 cm³/mol. The third kappa shape index (κ3) is 2.12. The second-order valence-electron chi connectivity index (χ2n) is 5.34. The highest BCUT2D eigenvalue weighted by molar-refractivity contribution is 5.78. The van der Waals surface area contributed by atoms with Crippen LogP contribution >= 0.6 is 0 Å². The zero-order valence-electron chi connectivity index (χ0n) is 11.8. The molecular weight excluding hydrogens is 266 g/mol. The monoisotopic (exact) mass is 283 g/mol. The van der Waals surface area contributed by atoms with Crippen LogP contribution in [0.15, 0.2) is 34.3 Å². The van der Waals surface area contributed by atoms with Crippen molar-refractivity contribution >= 4 is 5.69 Å². The number of nitrogens with zero attached hydrogens (tertiary/aromatic N) is 2. The van der Waals surface area contributed by atoms with E-state index in [2.05, 4.69) is 38.5 Å². The van der Waals surface area contributed by atoms with Crippen molar-refractivity contribution in [2.24, 2.45) is 0 Å². The number of benzene rings is 1. The number of hydrogen-bond acceptors (Lipinski definition) is 6. The van der Waals surface area contributed by atoms with Gasteiger partial charge in [-0.3, -0.25) is 0 Å². The molecule has 6 nitrogen and oxygen atoms in total. The fourth-order valence-corrected chi connectivity index (χ4v) is 2.93. The molecule has 3 heterocycles. The summed E-state index contributed by atoms with van der Waals surface area (Å²) in [6, 6.07) is 6.36. The molecule has 1 aromatic heterocycles. The van der Waals surface area contributed by atoms with Gasteiger partial charge in [-0.1, -0.05) is 18.2 Å². The minimum Gasteiger partial charge on any atom is -0.421 e. The Kier molecular flexibility index (Phi) is 2.98. The number of anilines is 1. The summed E-state index contributed by atoms with van der Waals surface area (Å²) >= 11 is 0. The van der Waals surface area contributed by atoms with Crippen LogP contribution in [0.1, 0.15) is 23.9 Å². The number of rotatable bonds is 2. The number of aryl methyl sites for hydroxylation is 1. The van der Waals surface area contributed by atoms with Gasteiger partial charge in [0.15, 0.2) is 0 Å². The van der Waals surface area contributed by atoms with Crippen molar-refractivity contribution in [3.8, 4) is 11.5 Å². The maximum absolute atomic E-state index is 5.56. The highest BCUT2D eigenvalue weighted by atomic mass is 16.4. The third-order valence-corrected chi connectivity index (χ3v) is 3.93. The fourth-order valence-electron chi connectivity index (χ4n) is 2.93. The van der Waals surface area contributed by atoms with Crippen LogP contribution in [0, 0.1) is 6.92 Å². The first-order valence-corrected chi connectivity index (χ1v) is 7.17.